The Labute approximate surface area is 112 Å². The lowest BCUT2D eigenvalue weighted by Gasteiger charge is -2.06. The van der Waals surface area contributed by atoms with E-state index in [-0.39, 0.29) is 17.6 Å². The van der Waals surface area contributed by atoms with Crippen LogP contribution in [0.25, 0.3) is 0 Å². The number of benzene rings is 1. The number of methoxy groups -OCH3 is 1. The normalized spacial score (nSPS) is 9.95. The molecule has 104 valence electrons. The molecule has 0 aromatic heterocycles. The van der Waals surface area contributed by atoms with Crippen molar-refractivity contribution in [3.8, 4) is 5.75 Å². The van der Waals surface area contributed by atoms with E-state index in [1.807, 2.05) is 0 Å². The fraction of sp³-hybridized carbons (Fsp3) is 0.429. The van der Waals surface area contributed by atoms with Crippen molar-refractivity contribution in [3.05, 3.63) is 24.3 Å². The highest BCUT2D eigenvalue weighted by atomic mass is 16.5. The zero-order valence-electron chi connectivity index (χ0n) is 11.0. The molecular weight excluding hydrogens is 246 g/mol. The zero-order valence-corrected chi connectivity index (χ0v) is 11.0. The average molecular weight is 265 g/mol. The number of hydrogen-bond acceptors (Lipinski definition) is 4. The van der Waals surface area contributed by atoms with Gasteiger partial charge in [0.15, 0.2) is 0 Å². The predicted octanol–water partition coefficient (Wildman–Crippen LogP) is 2.45. The molecule has 2 N–H and O–H groups in total. The number of carbonyl (C=O) groups excluding carboxylic acids is 2. The molecule has 1 aromatic rings. The number of phenolic OH excluding ortho intramolecular Hbond substituents is 1. The van der Waals surface area contributed by atoms with Crippen molar-refractivity contribution in [2.24, 2.45) is 0 Å². The fourth-order valence-corrected chi connectivity index (χ4v) is 1.63. The van der Waals surface area contributed by atoms with Crippen LogP contribution in [0.4, 0.5) is 5.69 Å². The molecule has 0 aliphatic heterocycles. The summed E-state index contributed by atoms with van der Waals surface area (Å²) < 4.78 is 4.52. The lowest BCUT2D eigenvalue weighted by molar-refractivity contribution is -0.140. The van der Waals surface area contributed by atoms with Gasteiger partial charge in [-0.05, 0) is 25.0 Å². The molecule has 0 atom stereocenters. The molecule has 0 heterocycles. The van der Waals surface area contributed by atoms with Crippen LogP contribution in [-0.4, -0.2) is 24.1 Å². The van der Waals surface area contributed by atoms with E-state index in [1.165, 1.54) is 13.2 Å². The molecule has 1 amide bonds. The predicted molar refractivity (Wildman–Crippen MR) is 71.8 cm³/mol. The van der Waals surface area contributed by atoms with Gasteiger partial charge in [0.2, 0.25) is 5.91 Å². The number of hydrogen-bond donors (Lipinski definition) is 2. The van der Waals surface area contributed by atoms with Gasteiger partial charge in [-0.15, -0.1) is 0 Å². The topological polar surface area (TPSA) is 75.6 Å². The second-order valence-corrected chi connectivity index (χ2v) is 4.20. The number of para-hydroxylation sites is 2. The number of aromatic hydroxyl groups is 1. The summed E-state index contributed by atoms with van der Waals surface area (Å²) in [6.45, 7) is 0. The summed E-state index contributed by atoms with van der Waals surface area (Å²) in [6.07, 6.45) is 2.98. The van der Waals surface area contributed by atoms with Crippen molar-refractivity contribution in [1.29, 1.82) is 0 Å². The molecule has 1 rings (SSSR count). The van der Waals surface area contributed by atoms with Crippen LogP contribution >= 0.6 is 0 Å². The molecule has 5 nitrogen and oxygen atoms in total. The lowest BCUT2D eigenvalue weighted by atomic mass is 10.1. The third kappa shape index (κ3) is 5.90. The molecular formula is C14H19NO4. The molecule has 1 aromatic carbocycles. The van der Waals surface area contributed by atoms with E-state index < -0.39 is 0 Å². The van der Waals surface area contributed by atoms with Gasteiger partial charge in [-0.3, -0.25) is 9.59 Å². The molecule has 0 radical (unpaired) electrons. The number of esters is 1. The van der Waals surface area contributed by atoms with Crippen LogP contribution in [0.2, 0.25) is 0 Å². The Morgan fingerprint density at radius 1 is 1.16 bits per heavy atom. The highest BCUT2D eigenvalue weighted by Gasteiger charge is 2.06. The highest BCUT2D eigenvalue weighted by molar-refractivity contribution is 5.92. The fourth-order valence-electron chi connectivity index (χ4n) is 1.63. The summed E-state index contributed by atoms with van der Waals surface area (Å²) in [5.74, 6) is -0.306. The Morgan fingerprint density at radius 2 is 1.84 bits per heavy atom. The van der Waals surface area contributed by atoms with Crippen LogP contribution in [0.15, 0.2) is 24.3 Å². The first kappa shape index (κ1) is 15.0. The Bertz CT molecular complexity index is 431. The smallest absolute Gasteiger partial charge is 0.305 e. The van der Waals surface area contributed by atoms with E-state index in [0.717, 1.165) is 12.8 Å². The number of carbonyl (C=O) groups is 2. The third-order valence-electron chi connectivity index (χ3n) is 2.69. The zero-order chi connectivity index (χ0) is 14.1. The summed E-state index contributed by atoms with van der Waals surface area (Å²) in [5.41, 5.74) is 0.419. The van der Waals surface area contributed by atoms with Crippen LogP contribution in [0, 0.1) is 0 Å². The SMILES string of the molecule is COC(=O)CCCCCC(=O)Nc1ccccc1O. The molecule has 0 fully saturated rings. The highest BCUT2D eigenvalue weighted by Crippen LogP contribution is 2.21. The molecule has 0 spiro atoms. The van der Waals surface area contributed by atoms with E-state index in [1.54, 1.807) is 18.2 Å². The maximum Gasteiger partial charge on any atom is 0.305 e. The third-order valence-corrected chi connectivity index (χ3v) is 2.69. The first-order valence-corrected chi connectivity index (χ1v) is 6.28. The van der Waals surface area contributed by atoms with Crippen molar-refractivity contribution in [2.75, 3.05) is 12.4 Å². The van der Waals surface area contributed by atoms with E-state index in [0.29, 0.717) is 24.9 Å². The van der Waals surface area contributed by atoms with Crippen LogP contribution < -0.4 is 5.32 Å². The van der Waals surface area contributed by atoms with E-state index in [2.05, 4.69) is 10.1 Å². The summed E-state index contributed by atoms with van der Waals surface area (Å²) in [4.78, 5) is 22.5. The minimum atomic E-state index is -0.223. The van der Waals surface area contributed by atoms with Crippen molar-refractivity contribution in [2.45, 2.75) is 32.1 Å². The van der Waals surface area contributed by atoms with Crippen molar-refractivity contribution < 1.29 is 19.4 Å². The van der Waals surface area contributed by atoms with Crippen molar-refractivity contribution in [3.63, 3.8) is 0 Å². The van der Waals surface area contributed by atoms with Crippen LogP contribution in [0.1, 0.15) is 32.1 Å². The summed E-state index contributed by atoms with van der Waals surface area (Å²) in [6, 6.07) is 6.60. The first-order valence-electron chi connectivity index (χ1n) is 6.28. The van der Waals surface area contributed by atoms with E-state index >= 15 is 0 Å². The Kier molecular flexibility index (Phi) is 6.43. The number of anilines is 1. The number of nitrogens with one attached hydrogen (secondary N) is 1. The molecule has 0 saturated carbocycles. The molecule has 0 unspecified atom stereocenters. The van der Waals surface area contributed by atoms with Crippen molar-refractivity contribution in [1.82, 2.24) is 0 Å². The van der Waals surface area contributed by atoms with Crippen LogP contribution in [0.3, 0.4) is 0 Å². The molecule has 0 aliphatic carbocycles. The average Bonchev–Trinajstić information content (AvgIpc) is 2.40. The molecule has 5 heteroatoms. The van der Waals surface area contributed by atoms with Gasteiger partial charge in [0.1, 0.15) is 5.75 Å². The number of rotatable bonds is 7. The largest absolute Gasteiger partial charge is 0.506 e. The lowest BCUT2D eigenvalue weighted by Crippen LogP contribution is -2.11. The molecule has 0 saturated heterocycles. The van der Waals surface area contributed by atoms with Gasteiger partial charge in [-0.25, -0.2) is 0 Å². The summed E-state index contributed by atoms with van der Waals surface area (Å²) >= 11 is 0. The maximum atomic E-state index is 11.6. The molecule has 0 bridgehead atoms. The van der Waals surface area contributed by atoms with Gasteiger partial charge in [0, 0.05) is 12.8 Å². The number of unbranched alkanes of at least 4 members (excludes halogenated alkanes) is 2. The Morgan fingerprint density at radius 3 is 2.53 bits per heavy atom. The van der Waals surface area contributed by atoms with E-state index in [4.69, 9.17) is 0 Å². The van der Waals surface area contributed by atoms with Gasteiger partial charge < -0.3 is 15.2 Å². The quantitative estimate of drug-likeness (QED) is 0.451. The first-order chi connectivity index (χ1) is 9.13. The van der Waals surface area contributed by atoms with Crippen molar-refractivity contribution >= 4 is 17.6 Å². The molecule has 0 aliphatic rings. The van der Waals surface area contributed by atoms with Gasteiger partial charge in [-0.1, -0.05) is 18.6 Å². The van der Waals surface area contributed by atoms with Crippen LogP contribution in [0.5, 0.6) is 5.75 Å². The second kappa shape index (κ2) is 8.13. The number of ether oxygens (including phenoxy) is 1. The van der Waals surface area contributed by atoms with Crippen LogP contribution in [-0.2, 0) is 14.3 Å². The Balaban J connectivity index is 2.18. The minimum Gasteiger partial charge on any atom is -0.506 e. The van der Waals surface area contributed by atoms with Gasteiger partial charge in [0.25, 0.3) is 0 Å². The van der Waals surface area contributed by atoms with Gasteiger partial charge in [0.05, 0.1) is 12.8 Å². The summed E-state index contributed by atoms with van der Waals surface area (Å²) in [5, 5.41) is 12.1. The minimum absolute atomic E-state index is 0.0570. The second-order valence-electron chi connectivity index (χ2n) is 4.20. The van der Waals surface area contributed by atoms with Gasteiger partial charge in [-0.2, -0.15) is 0 Å². The monoisotopic (exact) mass is 265 g/mol. The number of amides is 1. The standard InChI is InChI=1S/C14H19NO4/c1-19-14(18)10-4-2-3-9-13(17)15-11-7-5-6-8-12(11)16/h5-8,16H,2-4,9-10H2,1H3,(H,15,17). The number of phenols is 1. The summed E-state index contributed by atoms with van der Waals surface area (Å²) in [7, 11) is 1.36. The van der Waals surface area contributed by atoms with Gasteiger partial charge >= 0.3 is 5.97 Å². The maximum absolute atomic E-state index is 11.6. The molecule has 19 heavy (non-hydrogen) atoms. The van der Waals surface area contributed by atoms with E-state index in [9.17, 15) is 14.7 Å². The Hall–Kier alpha value is -2.04.